The number of hydrogen-bond donors (Lipinski definition) is 1. The maximum Gasteiger partial charge on any atom is 0.269 e. The number of nitrogens with zero attached hydrogens (tertiary/aromatic N) is 1. The molecular weight excluding hydrogens is 306 g/mol. The molecule has 20 heavy (non-hydrogen) atoms. The highest BCUT2D eigenvalue weighted by molar-refractivity contribution is 6.33. The molecule has 2 rings (SSSR count). The van der Waals surface area contributed by atoms with Gasteiger partial charge in [-0.2, -0.15) is 0 Å². The van der Waals surface area contributed by atoms with Crippen LogP contribution in [0.2, 0.25) is 10.0 Å². The van der Waals surface area contributed by atoms with Gasteiger partial charge in [0.05, 0.1) is 15.6 Å². The molecule has 0 saturated carbocycles. The van der Waals surface area contributed by atoms with Crippen LogP contribution in [0.25, 0.3) is 0 Å². The molecule has 104 valence electrons. The van der Waals surface area contributed by atoms with Gasteiger partial charge in [-0.3, -0.25) is 10.1 Å². The predicted octanol–water partition coefficient (Wildman–Crippen LogP) is 4.65. The van der Waals surface area contributed by atoms with Crippen molar-refractivity contribution in [2.75, 3.05) is 5.32 Å². The van der Waals surface area contributed by atoms with Gasteiger partial charge in [0.2, 0.25) is 0 Å². The van der Waals surface area contributed by atoms with Crippen molar-refractivity contribution < 1.29 is 9.31 Å². The molecule has 0 unspecified atom stereocenters. The Morgan fingerprint density at radius 3 is 2.60 bits per heavy atom. The first kappa shape index (κ1) is 14.6. The third-order valence-corrected chi connectivity index (χ3v) is 3.34. The summed E-state index contributed by atoms with van der Waals surface area (Å²) in [6.07, 6.45) is 0. The Labute approximate surface area is 124 Å². The molecule has 0 amide bonds. The van der Waals surface area contributed by atoms with Gasteiger partial charge < -0.3 is 5.32 Å². The van der Waals surface area contributed by atoms with Crippen molar-refractivity contribution in [1.29, 1.82) is 0 Å². The second kappa shape index (κ2) is 6.07. The maximum absolute atomic E-state index is 13.6. The quantitative estimate of drug-likeness (QED) is 0.660. The maximum atomic E-state index is 13.6. The van der Waals surface area contributed by atoms with E-state index in [9.17, 15) is 14.5 Å². The van der Waals surface area contributed by atoms with E-state index in [0.717, 1.165) is 0 Å². The Kier molecular flexibility index (Phi) is 4.42. The van der Waals surface area contributed by atoms with E-state index in [1.165, 1.54) is 30.3 Å². The molecule has 2 aromatic rings. The Bertz CT molecular complexity index is 645. The summed E-state index contributed by atoms with van der Waals surface area (Å²) in [5.74, 6) is -0.501. The van der Waals surface area contributed by atoms with Gasteiger partial charge in [-0.05, 0) is 23.8 Å². The van der Waals surface area contributed by atoms with Crippen LogP contribution in [0.4, 0.5) is 15.8 Å². The van der Waals surface area contributed by atoms with Crippen molar-refractivity contribution >= 4 is 34.6 Å². The highest BCUT2D eigenvalue weighted by atomic mass is 35.5. The number of rotatable bonds is 4. The van der Waals surface area contributed by atoms with Crippen LogP contribution in [-0.2, 0) is 6.54 Å². The van der Waals surface area contributed by atoms with Crippen molar-refractivity contribution in [3.8, 4) is 0 Å². The van der Waals surface area contributed by atoms with Crippen LogP contribution in [0.1, 0.15) is 5.56 Å². The number of anilines is 1. The average molecular weight is 315 g/mol. The fourth-order valence-corrected chi connectivity index (χ4v) is 2.07. The minimum Gasteiger partial charge on any atom is -0.377 e. The summed E-state index contributed by atoms with van der Waals surface area (Å²) in [5.41, 5.74) is 0.544. The molecule has 0 heterocycles. The average Bonchev–Trinajstić information content (AvgIpc) is 2.39. The third kappa shape index (κ3) is 3.18. The molecule has 0 radical (unpaired) electrons. The minimum atomic E-state index is -0.518. The molecule has 0 aromatic heterocycles. The molecule has 1 N–H and O–H groups in total. The highest BCUT2D eigenvalue weighted by Gasteiger charge is 2.11. The van der Waals surface area contributed by atoms with Crippen LogP contribution in [0.5, 0.6) is 0 Å². The molecule has 4 nitrogen and oxygen atoms in total. The van der Waals surface area contributed by atoms with Gasteiger partial charge >= 0.3 is 0 Å². The molecule has 0 atom stereocenters. The summed E-state index contributed by atoms with van der Waals surface area (Å²) in [7, 11) is 0. The molecule has 0 aliphatic heterocycles. The number of nitro groups is 1. The lowest BCUT2D eigenvalue weighted by molar-refractivity contribution is -0.384. The number of non-ortho nitro benzene ring substituents is 1. The zero-order valence-electron chi connectivity index (χ0n) is 10.1. The molecule has 0 saturated heterocycles. The zero-order chi connectivity index (χ0) is 14.7. The van der Waals surface area contributed by atoms with E-state index in [-0.39, 0.29) is 22.9 Å². The fourth-order valence-electron chi connectivity index (χ4n) is 1.66. The van der Waals surface area contributed by atoms with Crippen molar-refractivity contribution in [2.45, 2.75) is 6.54 Å². The van der Waals surface area contributed by atoms with E-state index < -0.39 is 10.7 Å². The Morgan fingerprint density at radius 2 is 1.95 bits per heavy atom. The lowest BCUT2D eigenvalue weighted by Crippen LogP contribution is -2.03. The summed E-state index contributed by atoms with van der Waals surface area (Å²) in [5, 5.41) is 14.1. The molecule has 0 aliphatic rings. The van der Waals surface area contributed by atoms with Crippen LogP contribution in [0.3, 0.4) is 0 Å². The molecule has 0 spiro atoms. The van der Waals surface area contributed by atoms with E-state index in [1.54, 1.807) is 6.07 Å². The molecule has 0 aliphatic carbocycles. The number of para-hydroxylation sites is 1. The van der Waals surface area contributed by atoms with E-state index in [0.29, 0.717) is 10.6 Å². The number of hydrogen-bond acceptors (Lipinski definition) is 3. The topological polar surface area (TPSA) is 55.2 Å². The lowest BCUT2D eigenvalue weighted by atomic mass is 10.2. The van der Waals surface area contributed by atoms with Gasteiger partial charge in [-0.1, -0.05) is 29.3 Å². The molecule has 0 fully saturated rings. The predicted molar refractivity (Wildman–Crippen MR) is 76.8 cm³/mol. The SMILES string of the molecule is O=[N+]([O-])c1ccc(Cl)c(CNc2c(F)cccc2Cl)c1. The Hall–Kier alpha value is -1.85. The summed E-state index contributed by atoms with van der Waals surface area (Å²) >= 11 is 11.8. The number of benzene rings is 2. The first-order valence-corrected chi connectivity index (χ1v) is 6.35. The van der Waals surface area contributed by atoms with E-state index in [4.69, 9.17) is 23.2 Å². The summed E-state index contributed by atoms with van der Waals surface area (Å²) in [4.78, 5) is 10.2. The first-order valence-electron chi connectivity index (χ1n) is 5.59. The van der Waals surface area contributed by atoms with Crippen LogP contribution in [-0.4, -0.2) is 4.92 Å². The lowest BCUT2D eigenvalue weighted by Gasteiger charge is -2.10. The van der Waals surface area contributed by atoms with Gasteiger partial charge in [0.1, 0.15) is 5.82 Å². The van der Waals surface area contributed by atoms with E-state index in [2.05, 4.69) is 5.32 Å². The smallest absolute Gasteiger partial charge is 0.269 e. The van der Waals surface area contributed by atoms with Gasteiger partial charge in [0, 0.05) is 23.7 Å². The number of halogens is 3. The Balaban J connectivity index is 2.23. The zero-order valence-corrected chi connectivity index (χ0v) is 11.6. The van der Waals surface area contributed by atoms with Gasteiger partial charge in [0.25, 0.3) is 5.69 Å². The summed E-state index contributed by atoms with van der Waals surface area (Å²) in [6, 6.07) is 8.38. The largest absolute Gasteiger partial charge is 0.377 e. The van der Waals surface area contributed by atoms with E-state index in [1.807, 2.05) is 0 Å². The highest BCUT2D eigenvalue weighted by Crippen LogP contribution is 2.27. The second-order valence-corrected chi connectivity index (χ2v) is 4.80. The standard InChI is InChI=1S/C13H9Cl2FN2O2/c14-10-5-4-9(18(19)20)6-8(10)7-17-13-11(15)2-1-3-12(13)16/h1-6,17H,7H2. The van der Waals surface area contributed by atoms with Crippen LogP contribution >= 0.6 is 23.2 Å². The van der Waals surface area contributed by atoms with Crippen molar-refractivity contribution in [1.82, 2.24) is 0 Å². The number of nitro benzene ring substituents is 1. The first-order chi connectivity index (χ1) is 9.49. The molecular formula is C13H9Cl2FN2O2. The summed E-state index contributed by atoms with van der Waals surface area (Å²) in [6.45, 7) is 0.126. The normalized spacial score (nSPS) is 10.3. The van der Waals surface area contributed by atoms with Crippen LogP contribution < -0.4 is 5.32 Å². The van der Waals surface area contributed by atoms with Crippen molar-refractivity contribution in [2.24, 2.45) is 0 Å². The molecule has 7 heteroatoms. The number of nitrogens with one attached hydrogen (secondary N) is 1. The fraction of sp³-hybridized carbons (Fsp3) is 0.0769. The monoisotopic (exact) mass is 314 g/mol. The Morgan fingerprint density at radius 1 is 1.20 bits per heavy atom. The van der Waals surface area contributed by atoms with Crippen molar-refractivity contribution in [3.05, 3.63) is 67.9 Å². The van der Waals surface area contributed by atoms with Gasteiger partial charge in [-0.25, -0.2) is 4.39 Å². The molecule has 2 aromatic carbocycles. The van der Waals surface area contributed by atoms with Crippen LogP contribution in [0, 0.1) is 15.9 Å². The summed E-state index contributed by atoms with van der Waals surface area (Å²) < 4.78 is 13.6. The second-order valence-electron chi connectivity index (χ2n) is 3.98. The minimum absolute atomic E-state index is 0.0779. The van der Waals surface area contributed by atoms with Crippen LogP contribution in [0.15, 0.2) is 36.4 Å². The molecule has 0 bridgehead atoms. The third-order valence-electron chi connectivity index (χ3n) is 2.66. The van der Waals surface area contributed by atoms with Crippen molar-refractivity contribution in [3.63, 3.8) is 0 Å². The van der Waals surface area contributed by atoms with E-state index >= 15 is 0 Å². The van der Waals surface area contributed by atoms with Gasteiger partial charge in [-0.15, -0.1) is 0 Å². The van der Waals surface area contributed by atoms with Gasteiger partial charge in [0.15, 0.2) is 0 Å².